The maximum absolute atomic E-state index is 8.12. The summed E-state index contributed by atoms with van der Waals surface area (Å²) in [6.45, 7) is 4.13. The molecule has 14 heavy (non-hydrogen) atoms. The summed E-state index contributed by atoms with van der Waals surface area (Å²) in [6.07, 6.45) is 0.250. The van der Waals surface area contributed by atoms with Crippen LogP contribution in [0.4, 0.5) is 0 Å². The minimum absolute atomic E-state index is 0.250. The van der Waals surface area contributed by atoms with Gasteiger partial charge in [0.05, 0.1) is 0 Å². The fourth-order valence-electron chi connectivity index (χ4n) is 1.15. The van der Waals surface area contributed by atoms with E-state index < -0.39 is 0 Å². The van der Waals surface area contributed by atoms with Crippen molar-refractivity contribution < 1.29 is 9.59 Å². The van der Waals surface area contributed by atoms with Crippen molar-refractivity contribution in [3.63, 3.8) is 0 Å². The van der Waals surface area contributed by atoms with E-state index in [9.17, 15) is 0 Å². The fourth-order valence-corrected chi connectivity index (χ4v) is 1.15. The number of nitrogens with zero attached hydrogens (tertiary/aromatic N) is 2. The molecular weight excluding hydrogens is 182 g/mol. The van der Waals surface area contributed by atoms with Gasteiger partial charge in [-0.25, -0.2) is 0 Å². The second-order valence-corrected chi connectivity index (χ2v) is 2.78. The van der Waals surface area contributed by atoms with E-state index in [1.807, 2.05) is 6.07 Å². The Morgan fingerprint density at radius 1 is 1.21 bits per heavy atom. The molecule has 0 unspecified atom stereocenters. The van der Waals surface area contributed by atoms with E-state index in [-0.39, 0.29) is 6.15 Å². The third-order valence-electron chi connectivity index (χ3n) is 2.01. The SMILES string of the molecule is Cc1ccc2n[nH]nc2c1C.O=C=O. The highest BCUT2D eigenvalue weighted by atomic mass is 16.2. The number of hydrogen-bond donors (Lipinski definition) is 1. The number of aromatic nitrogens is 3. The summed E-state index contributed by atoms with van der Waals surface area (Å²) in [5, 5.41) is 10.6. The number of carbonyl (C=O) groups excluding carboxylic acids is 2. The van der Waals surface area contributed by atoms with E-state index in [2.05, 4.69) is 35.3 Å². The Balaban J connectivity index is 0.000000293. The maximum atomic E-state index is 8.12. The molecule has 5 nitrogen and oxygen atoms in total. The molecule has 0 aliphatic carbocycles. The zero-order chi connectivity index (χ0) is 10.6. The van der Waals surface area contributed by atoms with Gasteiger partial charge in [0.25, 0.3) is 0 Å². The topological polar surface area (TPSA) is 75.7 Å². The zero-order valence-electron chi connectivity index (χ0n) is 7.87. The average molecular weight is 191 g/mol. The van der Waals surface area contributed by atoms with Gasteiger partial charge in [0.1, 0.15) is 11.0 Å². The highest BCUT2D eigenvalue weighted by Crippen LogP contribution is 2.15. The first kappa shape index (κ1) is 10.1. The van der Waals surface area contributed by atoms with Crippen molar-refractivity contribution in [3.05, 3.63) is 23.3 Å². The van der Waals surface area contributed by atoms with Crippen LogP contribution in [-0.2, 0) is 9.59 Å². The van der Waals surface area contributed by atoms with Crippen molar-refractivity contribution in [2.24, 2.45) is 0 Å². The summed E-state index contributed by atoms with van der Waals surface area (Å²) in [7, 11) is 0. The largest absolute Gasteiger partial charge is 0.373 e. The summed E-state index contributed by atoms with van der Waals surface area (Å²) < 4.78 is 0. The van der Waals surface area contributed by atoms with E-state index >= 15 is 0 Å². The molecule has 2 aromatic rings. The van der Waals surface area contributed by atoms with Gasteiger partial charge in [-0.05, 0) is 31.0 Å². The molecule has 0 spiro atoms. The molecule has 5 heteroatoms. The van der Waals surface area contributed by atoms with E-state index in [0.717, 1.165) is 11.0 Å². The molecule has 1 N–H and O–H groups in total. The summed E-state index contributed by atoms with van der Waals surface area (Å²) >= 11 is 0. The van der Waals surface area contributed by atoms with Gasteiger partial charge in [0.15, 0.2) is 0 Å². The summed E-state index contributed by atoms with van der Waals surface area (Å²) in [5.74, 6) is 0. The van der Waals surface area contributed by atoms with E-state index in [1.165, 1.54) is 11.1 Å². The monoisotopic (exact) mass is 191 g/mol. The number of H-pyrrole nitrogens is 1. The molecular formula is C9H9N3O2. The van der Waals surface area contributed by atoms with Crippen LogP contribution in [0.5, 0.6) is 0 Å². The van der Waals surface area contributed by atoms with Gasteiger partial charge in [-0.2, -0.15) is 25.0 Å². The third kappa shape index (κ3) is 1.84. The van der Waals surface area contributed by atoms with Crippen LogP contribution in [0.25, 0.3) is 11.0 Å². The number of fused-ring (bicyclic) bond motifs is 1. The van der Waals surface area contributed by atoms with Crippen LogP contribution in [0.3, 0.4) is 0 Å². The van der Waals surface area contributed by atoms with Crippen LogP contribution in [0.2, 0.25) is 0 Å². The smallest absolute Gasteiger partial charge is 0.197 e. The number of aryl methyl sites for hydroxylation is 2. The van der Waals surface area contributed by atoms with E-state index in [1.54, 1.807) is 0 Å². The van der Waals surface area contributed by atoms with Crippen LogP contribution >= 0.6 is 0 Å². The molecule has 0 amide bonds. The van der Waals surface area contributed by atoms with Crippen molar-refractivity contribution in [2.45, 2.75) is 13.8 Å². The molecule has 0 bridgehead atoms. The Labute approximate surface area is 80.1 Å². The molecule has 0 aliphatic heterocycles. The molecule has 1 aromatic heterocycles. The van der Waals surface area contributed by atoms with Crippen LogP contribution in [0, 0.1) is 13.8 Å². The Morgan fingerprint density at radius 3 is 2.50 bits per heavy atom. The Kier molecular flexibility index (Phi) is 3.09. The van der Waals surface area contributed by atoms with Gasteiger partial charge in [0.2, 0.25) is 0 Å². The van der Waals surface area contributed by atoms with Gasteiger partial charge >= 0.3 is 6.15 Å². The fraction of sp³-hybridized carbons (Fsp3) is 0.222. The number of aromatic amines is 1. The van der Waals surface area contributed by atoms with Crippen molar-refractivity contribution >= 4 is 17.2 Å². The first-order chi connectivity index (χ1) is 6.70. The normalized spacial score (nSPS) is 9.00. The summed E-state index contributed by atoms with van der Waals surface area (Å²) in [6, 6.07) is 4.03. The van der Waals surface area contributed by atoms with Crippen molar-refractivity contribution in [1.82, 2.24) is 15.4 Å². The second-order valence-electron chi connectivity index (χ2n) is 2.78. The highest BCUT2D eigenvalue weighted by Gasteiger charge is 2.01. The van der Waals surface area contributed by atoms with Gasteiger partial charge in [-0.3, -0.25) is 0 Å². The van der Waals surface area contributed by atoms with E-state index in [0.29, 0.717) is 0 Å². The lowest BCUT2D eigenvalue weighted by atomic mass is 10.1. The molecule has 0 fully saturated rings. The first-order valence-corrected chi connectivity index (χ1v) is 3.96. The predicted molar refractivity (Wildman–Crippen MR) is 48.4 cm³/mol. The van der Waals surface area contributed by atoms with Gasteiger partial charge in [0, 0.05) is 0 Å². The lowest BCUT2D eigenvalue weighted by molar-refractivity contribution is -0.191. The number of rotatable bonds is 0. The summed E-state index contributed by atoms with van der Waals surface area (Å²) in [5.41, 5.74) is 4.38. The van der Waals surface area contributed by atoms with Gasteiger partial charge in [-0.15, -0.1) is 0 Å². The molecule has 2 rings (SSSR count). The minimum Gasteiger partial charge on any atom is -0.197 e. The maximum Gasteiger partial charge on any atom is 0.373 e. The van der Waals surface area contributed by atoms with Crippen molar-refractivity contribution in [2.75, 3.05) is 0 Å². The Hall–Kier alpha value is -2.00. The molecule has 1 aromatic carbocycles. The number of nitrogens with one attached hydrogen (secondary N) is 1. The minimum atomic E-state index is 0.250. The molecule has 1 heterocycles. The zero-order valence-corrected chi connectivity index (χ0v) is 7.87. The van der Waals surface area contributed by atoms with E-state index in [4.69, 9.17) is 9.59 Å². The first-order valence-electron chi connectivity index (χ1n) is 3.96. The molecule has 0 aliphatic rings. The van der Waals surface area contributed by atoms with Gasteiger partial charge < -0.3 is 0 Å². The molecule has 0 saturated carbocycles. The van der Waals surface area contributed by atoms with Crippen LogP contribution < -0.4 is 0 Å². The molecule has 72 valence electrons. The lowest BCUT2D eigenvalue weighted by Gasteiger charge is -1.96. The van der Waals surface area contributed by atoms with Crippen molar-refractivity contribution in [1.29, 1.82) is 0 Å². The molecule has 0 radical (unpaired) electrons. The Bertz CT molecular complexity index is 470. The molecule has 0 saturated heterocycles. The predicted octanol–water partition coefficient (Wildman–Crippen LogP) is 0.991. The van der Waals surface area contributed by atoms with Gasteiger partial charge in [-0.1, -0.05) is 6.07 Å². The number of benzene rings is 1. The standard InChI is InChI=1S/C8H9N3.CO2/c1-5-3-4-7-8(6(5)2)10-11-9-7;2-1-3/h3-4H,1-2H3,(H,9,10,11);. The molecule has 0 atom stereocenters. The average Bonchev–Trinajstić information content (AvgIpc) is 2.61. The quantitative estimate of drug-likeness (QED) is 0.673. The van der Waals surface area contributed by atoms with Crippen molar-refractivity contribution in [3.8, 4) is 0 Å². The summed E-state index contributed by atoms with van der Waals surface area (Å²) in [4.78, 5) is 16.2. The lowest BCUT2D eigenvalue weighted by Crippen LogP contribution is -1.81. The second kappa shape index (κ2) is 4.30. The van der Waals surface area contributed by atoms with Crippen LogP contribution in [-0.4, -0.2) is 21.6 Å². The van der Waals surface area contributed by atoms with Crippen LogP contribution in [0.15, 0.2) is 12.1 Å². The van der Waals surface area contributed by atoms with Crippen LogP contribution in [0.1, 0.15) is 11.1 Å². The highest BCUT2D eigenvalue weighted by molar-refractivity contribution is 5.78. The third-order valence-corrected chi connectivity index (χ3v) is 2.01. The Morgan fingerprint density at radius 2 is 1.86 bits per heavy atom. The number of hydrogen-bond acceptors (Lipinski definition) is 4.